The van der Waals surface area contributed by atoms with Gasteiger partial charge in [-0.2, -0.15) is 0 Å². The summed E-state index contributed by atoms with van der Waals surface area (Å²) >= 11 is 0. The van der Waals surface area contributed by atoms with Gasteiger partial charge in [-0.1, -0.05) is 29.8 Å². The second-order valence-corrected chi connectivity index (χ2v) is 5.71. The molecule has 0 fully saturated rings. The van der Waals surface area contributed by atoms with E-state index in [1.54, 1.807) is 11.9 Å². The van der Waals surface area contributed by atoms with Gasteiger partial charge in [0.2, 0.25) is 0 Å². The second-order valence-electron chi connectivity index (χ2n) is 5.71. The quantitative estimate of drug-likeness (QED) is 0.841. The van der Waals surface area contributed by atoms with E-state index in [-0.39, 0.29) is 5.91 Å². The predicted octanol–water partition coefficient (Wildman–Crippen LogP) is 3.76. The molecule has 22 heavy (non-hydrogen) atoms. The van der Waals surface area contributed by atoms with Crippen molar-refractivity contribution < 1.29 is 9.53 Å². The number of carbonyl (C=O) groups is 1. The summed E-state index contributed by atoms with van der Waals surface area (Å²) in [5.74, 6) is 0.873. The fourth-order valence-corrected chi connectivity index (χ4v) is 2.37. The third kappa shape index (κ3) is 4.10. The molecule has 0 aromatic heterocycles. The molecule has 0 aliphatic heterocycles. The van der Waals surface area contributed by atoms with Crippen molar-refractivity contribution in [2.45, 2.75) is 20.8 Å². The largest absolute Gasteiger partial charge is 0.492 e. The summed E-state index contributed by atoms with van der Waals surface area (Å²) in [4.78, 5) is 14.1. The molecule has 0 aliphatic rings. The normalized spacial score (nSPS) is 10.4. The first-order chi connectivity index (χ1) is 10.5. The molecule has 0 heterocycles. The van der Waals surface area contributed by atoms with Crippen molar-refractivity contribution in [1.82, 2.24) is 4.90 Å². The molecule has 0 spiro atoms. The van der Waals surface area contributed by atoms with Crippen LogP contribution in [0.2, 0.25) is 0 Å². The van der Waals surface area contributed by atoms with E-state index < -0.39 is 0 Å². The van der Waals surface area contributed by atoms with Crippen molar-refractivity contribution in [2.75, 3.05) is 20.2 Å². The number of likely N-dealkylation sites (N-methyl/N-ethyl adjacent to an activating group) is 1. The van der Waals surface area contributed by atoms with Gasteiger partial charge in [0.1, 0.15) is 12.4 Å². The minimum absolute atomic E-state index is 0.0327. The number of ether oxygens (including phenoxy) is 1. The highest BCUT2D eigenvalue weighted by atomic mass is 16.5. The fourth-order valence-electron chi connectivity index (χ4n) is 2.37. The molecule has 3 nitrogen and oxygen atoms in total. The zero-order valence-corrected chi connectivity index (χ0v) is 13.7. The molecule has 3 heteroatoms. The lowest BCUT2D eigenvalue weighted by molar-refractivity contribution is 0.0773. The molecule has 0 N–H and O–H groups in total. The molecular formula is C19H23NO2. The molecule has 2 rings (SSSR count). The van der Waals surface area contributed by atoms with Gasteiger partial charge in [-0.15, -0.1) is 0 Å². The van der Waals surface area contributed by atoms with Gasteiger partial charge >= 0.3 is 0 Å². The molecule has 0 bridgehead atoms. The van der Waals surface area contributed by atoms with Crippen LogP contribution in [0.5, 0.6) is 5.75 Å². The van der Waals surface area contributed by atoms with Crippen LogP contribution >= 0.6 is 0 Å². The minimum atomic E-state index is 0.0327. The summed E-state index contributed by atoms with van der Waals surface area (Å²) in [5.41, 5.74) is 4.09. The number of carbonyl (C=O) groups excluding carboxylic acids is 1. The fraction of sp³-hybridized carbons (Fsp3) is 0.316. The highest BCUT2D eigenvalue weighted by molar-refractivity contribution is 5.95. The van der Waals surface area contributed by atoms with Crippen molar-refractivity contribution in [2.24, 2.45) is 0 Å². The van der Waals surface area contributed by atoms with E-state index in [0.29, 0.717) is 13.2 Å². The highest BCUT2D eigenvalue weighted by Gasteiger charge is 2.13. The topological polar surface area (TPSA) is 29.5 Å². The van der Waals surface area contributed by atoms with Gasteiger partial charge in [-0.3, -0.25) is 4.79 Å². The third-order valence-electron chi connectivity index (χ3n) is 3.64. The summed E-state index contributed by atoms with van der Waals surface area (Å²) in [6.45, 7) is 7.07. The summed E-state index contributed by atoms with van der Waals surface area (Å²) in [6, 6.07) is 13.8. The Labute approximate surface area is 132 Å². The van der Waals surface area contributed by atoms with Gasteiger partial charge in [0.15, 0.2) is 0 Å². The van der Waals surface area contributed by atoms with Crippen LogP contribution in [0.25, 0.3) is 0 Å². The highest BCUT2D eigenvalue weighted by Crippen LogP contribution is 2.14. The SMILES string of the molecule is Cc1cccc(OCCN(C)C(=O)c2ccc(C)cc2C)c1. The maximum atomic E-state index is 12.4. The number of nitrogens with zero attached hydrogens (tertiary/aromatic N) is 1. The Morgan fingerprint density at radius 2 is 1.77 bits per heavy atom. The third-order valence-corrected chi connectivity index (χ3v) is 3.64. The molecule has 116 valence electrons. The second kappa shape index (κ2) is 7.12. The molecule has 0 radical (unpaired) electrons. The smallest absolute Gasteiger partial charge is 0.253 e. The van der Waals surface area contributed by atoms with Gasteiger partial charge in [0.25, 0.3) is 5.91 Å². The van der Waals surface area contributed by atoms with Crippen molar-refractivity contribution >= 4 is 5.91 Å². The Hall–Kier alpha value is -2.29. The molecule has 0 saturated carbocycles. The standard InChI is InChI=1S/C19H23NO2/c1-14-6-5-7-17(13-14)22-11-10-20(4)19(21)18-9-8-15(2)12-16(18)3/h5-9,12-13H,10-11H2,1-4H3. The van der Waals surface area contributed by atoms with E-state index in [2.05, 4.69) is 0 Å². The maximum Gasteiger partial charge on any atom is 0.253 e. The van der Waals surface area contributed by atoms with Crippen LogP contribution in [-0.2, 0) is 0 Å². The monoisotopic (exact) mass is 297 g/mol. The van der Waals surface area contributed by atoms with Crippen molar-refractivity contribution in [1.29, 1.82) is 0 Å². The van der Waals surface area contributed by atoms with Gasteiger partial charge in [0.05, 0.1) is 6.54 Å². The van der Waals surface area contributed by atoms with E-state index >= 15 is 0 Å². The van der Waals surface area contributed by atoms with Gasteiger partial charge in [-0.25, -0.2) is 0 Å². The van der Waals surface area contributed by atoms with Crippen molar-refractivity contribution in [3.63, 3.8) is 0 Å². The van der Waals surface area contributed by atoms with Crippen molar-refractivity contribution in [3.8, 4) is 5.75 Å². The molecule has 0 unspecified atom stereocenters. The van der Waals surface area contributed by atoms with Crippen LogP contribution in [-0.4, -0.2) is 31.0 Å². The van der Waals surface area contributed by atoms with E-state index in [1.165, 1.54) is 5.56 Å². The Kier molecular flexibility index (Phi) is 5.21. The number of aryl methyl sites for hydroxylation is 3. The number of hydrogen-bond donors (Lipinski definition) is 0. The van der Waals surface area contributed by atoms with Crippen LogP contribution in [0.1, 0.15) is 27.0 Å². The molecule has 2 aromatic rings. The van der Waals surface area contributed by atoms with Gasteiger partial charge in [-0.05, 0) is 50.1 Å². The first kappa shape index (κ1) is 16.1. The summed E-state index contributed by atoms with van der Waals surface area (Å²) in [7, 11) is 1.81. The van der Waals surface area contributed by atoms with Crippen LogP contribution in [0.3, 0.4) is 0 Å². The average Bonchev–Trinajstić information content (AvgIpc) is 2.46. The van der Waals surface area contributed by atoms with Crippen LogP contribution in [0.4, 0.5) is 0 Å². The summed E-state index contributed by atoms with van der Waals surface area (Å²) in [6.07, 6.45) is 0. The Bertz CT molecular complexity index is 664. The minimum Gasteiger partial charge on any atom is -0.492 e. The van der Waals surface area contributed by atoms with E-state index in [4.69, 9.17) is 4.74 Å². The van der Waals surface area contributed by atoms with E-state index in [1.807, 2.05) is 63.2 Å². The molecule has 0 aliphatic carbocycles. The molecule has 1 amide bonds. The zero-order chi connectivity index (χ0) is 16.1. The zero-order valence-electron chi connectivity index (χ0n) is 13.7. The van der Waals surface area contributed by atoms with Gasteiger partial charge < -0.3 is 9.64 Å². The van der Waals surface area contributed by atoms with Crippen LogP contribution in [0, 0.1) is 20.8 Å². The lowest BCUT2D eigenvalue weighted by Gasteiger charge is -2.19. The number of rotatable bonds is 5. The van der Waals surface area contributed by atoms with Crippen LogP contribution in [0.15, 0.2) is 42.5 Å². The molecular weight excluding hydrogens is 274 g/mol. The maximum absolute atomic E-state index is 12.4. The average molecular weight is 297 g/mol. The first-order valence-electron chi connectivity index (χ1n) is 7.49. The van der Waals surface area contributed by atoms with E-state index in [9.17, 15) is 4.79 Å². The lowest BCUT2D eigenvalue weighted by Crippen LogP contribution is -2.31. The number of benzene rings is 2. The van der Waals surface area contributed by atoms with Crippen LogP contribution < -0.4 is 4.74 Å². The predicted molar refractivity (Wildman–Crippen MR) is 89.6 cm³/mol. The molecule has 0 saturated heterocycles. The summed E-state index contributed by atoms with van der Waals surface area (Å²) < 4.78 is 5.70. The Balaban J connectivity index is 1.91. The first-order valence-corrected chi connectivity index (χ1v) is 7.49. The number of hydrogen-bond acceptors (Lipinski definition) is 2. The summed E-state index contributed by atoms with van der Waals surface area (Å²) in [5, 5.41) is 0. The number of amides is 1. The Morgan fingerprint density at radius 1 is 1.05 bits per heavy atom. The van der Waals surface area contributed by atoms with Gasteiger partial charge in [0, 0.05) is 12.6 Å². The Morgan fingerprint density at radius 3 is 2.45 bits per heavy atom. The lowest BCUT2D eigenvalue weighted by atomic mass is 10.0. The molecule has 2 aromatic carbocycles. The van der Waals surface area contributed by atoms with E-state index in [0.717, 1.165) is 22.4 Å². The molecule has 0 atom stereocenters. The van der Waals surface area contributed by atoms with Crippen molar-refractivity contribution in [3.05, 3.63) is 64.7 Å².